The molecule has 3 N–H and O–H groups in total. The molecule has 2 rings (SSSR count). The van der Waals surface area contributed by atoms with Crippen LogP contribution in [0.3, 0.4) is 0 Å². The van der Waals surface area contributed by atoms with E-state index in [9.17, 15) is 9.59 Å². The van der Waals surface area contributed by atoms with Gasteiger partial charge in [0.15, 0.2) is 5.65 Å². The van der Waals surface area contributed by atoms with Crippen LogP contribution < -0.4 is 5.32 Å². The van der Waals surface area contributed by atoms with Crippen molar-refractivity contribution in [3.05, 3.63) is 23.5 Å². The van der Waals surface area contributed by atoms with Crippen molar-refractivity contribution in [2.24, 2.45) is 7.05 Å². The molecule has 0 radical (unpaired) electrons. The number of hydrogen-bond acceptors (Lipinski definition) is 5. The third-order valence-corrected chi connectivity index (χ3v) is 3.15. The molecule has 0 aliphatic carbocycles. The molecule has 1 atom stereocenters. The Morgan fingerprint density at radius 2 is 2.19 bits per heavy atom. The zero-order valence-corrected chi connectivity index (χ0v) is 11.7. The maximum absolute atomic E-state index is 12.1. The van der Waals surface area contributed by atoms with Crippen LogP contribution in [0.1, 0.15) is 22.5 Å². The molecule has 0 spiro atoms. The van der Waals surface area contributed by atoms with Crippen molar-refractivity contribution in [3.63, 3.8) is 0 Å². The van der Waals surface area contributed by atoms with Gasteiger partial charge < -0.3 is 15.5 Å². The van der Waals surface area contributed by atoms with E-state index in [2.05, 4.69) is 15.4 Å². The molecule has 1 unspecified atom stereocenters. The first-order valence-corrected chi connectivity index (χ1v) is 6.38. The minimum Gasteiger partial charge on any atom is -0.480 e. The lowest BCUT2D eigenvalue weighted by Crippen LogP contribution is -2.41. The van der Waals surface area contributed by atoms with Crippen LogP contribution in [-0.2, 0) is 11.8 Å². The number of aliphatic hydroxyl groups excluding tert-OH is 1. The van der Waals surface area contributed by atoms with Gasteiger partial charge in [-0.25, -0.2) is 9.78 Å². The largest absolute Gasteiger partial charge is 0.480 e. The Morgan fingerprint density at radius 1 is 1.48 bits per heavy atom. The van der Waals surface area contributed by atoms with Gasteiger partial charge in [0.05, 0.1) is 11.3 Å². The first-order chi connectivity index (χ1) is 9.93. The van der Waals surface area contributed by atoms with Crippen LogP contribution in [0.15, 0.2) is 12.3 Å². The van der Waals surface area contributed by atoms with Crippen LogP contribution in [0, 0.1) is 6.92 Å². The summed E-state index contributed by atoms with van der Waals surface area (Å²) in [6, 6.07) is 0.492. The Balaban J connectivity index is 2.27. The van der Waals surface area contributed by atoms with Crippen LogP contribution in [0.25, 0.3) is 11.0 Å². The van der Waals surface area contributed by atoms with Crippen LogP contribution in [-0.4, -0.2) is 49.5 Å². The lowest BCUT2D eigenvalue weighted by Gasteiger charge is -2.13. The first-order valence-electron chi connectivity index (χ1n) is 6.38. The van der Waals surface area contributed by atoms with Gasteiger partial charge in [0.1, 0.15) is 6.04 Å². The van der Waals surface area contributed by atoms with E-state index < -0.39 is 17.9 Å². The summed E-state index contributed by atoms with van der Waals surface area (Å²) in [6.07, 6.45) is 1.32. The summed E-state index contributed by atoms with van der Waals surface area (Å²) in [5.74, 6) is -1.74. The summed E-state index contributed by atoms with van der Waals surface area (Å²) in [5.41, 5.74) is 1.64. The van der Waals surface area contributed by atoms with Crippen LogP contribution in [0.5, 0.6) is 0 Å². The molecule has 2 heterocycles. The molecule has 2 aromatic rings. The molecular formula is C13H16N4O4. The maximum atomic E-state index is 12.1. The standard InChI is InChI=1S/C13H16N4O4/c1-7-9-5-8(6-14-11(9)17(2)16-7)12(19)15-10(3-4-18)13(20)21/h5-6,10,18H,3-4H2,1-2H3,(H,15,19)(H,20,21). The van der Waals surface area contributed by atoms with Gasteiger partial charge in [-0.05, 0) is 13.0 Å². The molecule has 0 bridgehead atoms. The predicted octanol–water partition coefficient (Wildman–Crippen LogP) is -0.158. The molecular weight excluding hydrogens is 276 g/mol. The minimum atomic E-state index is -1.19. The number of carboxylic acids is 1. The highest BCUT2D eigenvalue weighted by Crippen LogP contribution is 2.16. The number of rotatable bonds is 5. The number of aliphatic hydroxyl groups is 1. The minimum absolute atomic E-state index is 0.0529. The van der Waals surface area contributed by atoms with Gasteiger partial charge in [-0.1, -0.05) is 0 Å². The SMILES string of the molecule is Cc1nn(C)c2ncc(C(=O)NC(CCO)C(=O)O)cc12. The van der Waals surface area contributed by atoms with E-state index in [1.807, 2.05) is 0 Å². The van der Waals surface area contributed by atoms with Gasteiger partial charge in [0.25, 0.3) is 5.91 Å². The average Bonchev–Trinajstić information content (AvgIpc) is 2.73. The number of pyridine rings is 1. The van der Waals surface area contributed by atoms with Gasteiger partial charge in [0.2, 0.25) is 0 Å². The van der Waals surface area contributed by atoms with Crippen molar-refractivity contribution in [1.29, 1.82) is 0 Å². The number of aryl methyl sites for hydroxylation is 2. The summed E-state index contributed by atoms with van der Waals surface area (Å²) >= 11 is 0. The van der Waals surface area contributed by atoms with Crippen molar-refractivity contribution in [2.75, 3.05) is 6.61 Å². The van der Waals surface area contributed by atoms with E-state index in [4.69, 9.17) is 10.2 Å². The number of hydrogen-bond donors (Lipinski definition) is 3. The summed E-state index contributed by atoms with van der Waals surface area (Å²) in [6.45, 7) is 1.48. The smallest absolute Gasteiger partial charge is 0.326 e. The molecule has 0 saturated carbocycles. The molecule has 0 fully saturated rings. The van der Waals surface area contributed by atoms with E-state index in [1.165, 1.54) is 6.20 Å². The zero-order valence-electron chi connectivity index (χ0n) is 11.7. The molecule has 21 heavy (non-hydrogen) atoms. The molecule has 0 saturated heterocycles. The fraction of sp³-hybridized carbons (Fsp3) is 0.385. The van der Waals surface area contributed by atoms with Crippen LogP contribution in [0.2, 0.25) is 0 Å². The Hall–Kier alpha value is -2.48. The second kappa shape index (κ2) is 5.88. The first kappa shape index (κ1) is 14.9. The van der Waals surface area contributed by atoms with E-state index >= 15 is 0 Å². The number of carboxylic acid groups (broad SMARTS) is 1. The van der Waals surface area contributed by atoms with Gasteiger partial charge in [0, 0.05) is 31.7 Å². The van der Waals surface area contributed by atoms with Gasteiger partial charge in [-0.3, -0.25) is 9.48 Å². The normalized spacial score (nSPS) is 12.3. The number of fused-ring (bicyclic) bond motifs is 1. The molecule has 8 heteroatoms. The molecule has 0 aliphatic rings. The predicted molar refractivity (Wildman–Crippen MR) is 73.8 cm³/mol. The number of nitrogens with zero attached hydrogens (tertiary/aromatic N) is 3. The summed E-state index contributed by atoms with van der Waals surface area (Å²) < 4.78 is 1.61. The van der Waals surface area contributed by atoms with E-state index in [-0.39, 0.29) is 18.6 Å². The number of carbonyl (C=O) groups is 2. The van der Waals surface area contributed by atoms with Crippen molar-refractivity contribution in [1.82, 2.24) is 20.1 Å². The molecule has 0 aromatic carbocycles. The van der Waals surface area contributed by atoms with Gasteiger partial charge >= 0.3 is 5.97 Å². The number of aliphatic carboxylic acids is 1. The number of carbonyl (C=O) groups excluding carboxylic acids is 1. The fourth-order valence-corrected chi connectivity index (χ4v) is 2.06. The zero-order chi connectivity index (χ0) is 15.6. The lowest BCUT2D eigenvalue weighted by atomic mass is 10.1. The molecule has 2 aromatic heterocycles. The Kier molecular flexibility index (Phi) is 4.18. The van der Waals surface area contributed by atoms with Crippen LogP contribution >= 0.6 is 0 Å². The van der Waals surface area contributed by atoms with E-state index in [1.54, 1.807) is 24.7 Å². The Morgan fingerprint density at radius 3 is 2.81 bits per heavy atom. The van der Waals surface area contributed by atoms with Gasteiger partial charge in [-0.15, -0.1) is 0 Å². The number of aromatic nitrogens is 3. The van der Waals surface area contributed by atoms with Crippen molar-refractivity contribution < 1.29 is 19.8 Å². The third-order valence-electron chi connectivity index (χ3n) is 3.15. The fourth-order valence-electron chi connectivity index (χ4n) is 2.06. The summed E-state index contributed by atoms with van der Waals surface area (Å²) in [4.78, 5) is 27.2. The topological polar surface area (TPSA) is 117 Å². The van der Waals surface area contributed by atoms with Crippen molar-refractivity contribution in [3.8, 4) is 0 Å². The average molecular weight is 292 g/mol. The van der Waals surface area contributed by atoms with Gasteiger partial charge in [-0.2, -0.15) is 5.10 Å². The maximum Gasteiger partial charge on any atom is 0.326 e. The lowest BCUT2D eigenvalue weighted by molar-refractivity contribution is -0.139. The Labute approximate surface area is 120 Å². The van der Waals surface area contributed by atoms with Crippen LogP contribution in [0.4, 0.5) is 0 Å². The molecule has 0 aliphatic heterocycles. The number of amides is 1. The highest BCUT2D eigenvalue weighted by molar-refractivity contribution is 5.99. The summed E-state index contributed by atoms with van der Waals surface area (Å²) in [7, 11) is 1.75. The highest BCUT2D eigenvalue weighted by Gasteiger charge is 2.20. The second-order valence-corrected chi connectivity index (χ2v) is 4.68. The quantitative estimate of drug-likeness (QED) is 0.705. The number of nitrogens with one attached hydrogen (secondary N) is 1. The van der Waals surface area contributed by atoms with E-state index in [0.717, 1.165) is 11.1 Å². The highest BCUT2D eigenvalue weighted by atomic mass is 16.4. The monoisotopic (exact) mass is 292 g/mol. The summed E-state index contributed by atoms with van der Waals surface area (Å²) in [5, 5.41) is 25.1. The molecule has 8 nitrogen and oxygen atoms in total. The third kappa shape index (κ3) is 3.00. The molecule has 112 valence electrons. The van der Waals surface area contributed by atoms with Crippen molar-refractivity contribution >= 4 is 22.9 Å². The molecule has 1 amide bonds. The van der Waals surface area contributed by atoms with Crippen molar-refractivity contribution in [2.45, 2.75) is 19.4 Å². The van der Waals surface area contributed by atoms with E-state index in [0.29, 0.717) is 5.65 Å². The Bertz CT molecular complexity index is 695. The second-order valence-electron chi connectivity index (χ2n) is 4.68.